The van der Waals surface area contributed by atoms with Crippen LogP contribution in [-0.2, 0) is 25.5 Å². The first-order valence-corrected chi connectivity index (χ1v) is 7.33. The summed E-state index contributed by atoms with van der Waals surface area (Å²) in [6, 6.07) is 3.89. The number of anilines is 1. The lowest BCUT2D eigenvalue weighted by molar-refractivity contribution is -0.146. The van der Waals surface area contributed by atoms with Crippen molar-refractivity contribution >= 4 is 28.3 Å². The van der Waals surface area contributed by atoms with Crippen molar-refractivity contribution in [1.82, 2.24) is 0 Å². The molecule has 0 aromatic carbocycles. The summed E-state index contributed by atoms with van der Waals surface area (Å²) in [5, 5.41) is 3.79. The molecule has 0 radical (unpaired) electrons. The molecule has 20 heavy (non-hydrogen) atoms. The van der Waals surface area contributed by atoms with Crippen molar-refractivity contribution in [3.63, 3.8) is 0 Å². The zero-order valence-corrected chi connectivity index (χ0v) is 12.7. The maximum Gasteiger partial charge on any atom is 0.347 e. The molecule has 0 saturated carbocycles. The third-order valence-electron chi connectivity index (χ3n) is 2.36. The summed E-state index contributed by atoms with van der Waals surface area (Å²) in [7, 11) is 0. The molecule has 1 N–H and O–H groups in total. The lowest BCUT2D eigenvalue weighted by atomic mass is 10.3. The van der Waals surface area contributed by atoms with Crippen molar-refractivity contribution in [2.24, 2.45) is 0 Å². The van der Waals surface area contributed by atoms with Gasteiger partial charge in [0.2, 0.25) is 0 Å². The SMILES string of the molecule is CCOC(=O)C(=CNc1ccc(CC)s1)C(=O)OCC. The Morgan fingerprint density at radius 2 is 1.75 bits per heavy atom. The Bertz CT molecular complexity index is 473. The molecule has 1 heterocycles. The highest BCUT2D eigenvalue weighted by Gasteiger charge is 2.20. The van der Waals surface area contributed by atoms with Gasteiger partial charge in [-0.1, -0.05) is 6.92 Å². The van der Waals surface area contributed by atoms with Crippen molar-refractivity contribution in [2.75, 3.05) is 18.5 Å². The molecule has 0 saturated heterocycles. The summed E-state index contributed by atoms with van der Waals surface area (Å²) in [5.74, 6) is -1.38. The molecule has 0 bridgehead atoms. The molecule has 0 aliphatic heterocycles. The van der Waals surface area contributed by atoms with E-state index in [1.807, 2.05) is 12.1 Å². The number of thiophene rings is 1. The Kier molecular flexibility index (Phi) is 6.79. The molecule has 6 heteroatoms. The monoisotopic (exact) mass is 297 g/mol. The quantitative estimate of drug-likeness (QED) is 0.363. The van der Waals surface area contributed by atoms with Gasteiger partial charge in [0.1, 0.15) is 0 Å². The third kappa shape index (κ3) is 4.70. The highest BCUT2D eigenvalue weighted by molar-refractivity contribution is 7.16. The normalized spacial score (nSPS) is 9.75. The Morgan fingerprint density at radius 1 is 1.15 bits per heavy atom. The van der Waals surface area contributed by atoms with Crippen LogP contribution in [0.3, 0.4) is 0 Å². The average molecular weight is 297 g/mol. The first kappa shape index (κ1) is 16.2. The van der Waals surface area contributed by atoms with Gasteiger partial charge >= 0.3 is 11.9 Å². The van der Waals surface area contributed by atoms with E-state index in [1.54, 1.807) is 25.2 Å². The van der Waals surface area contributed by atoms with Gasteiger partial charge in [0.25, 0.3) is 0 Å². The van der Waals surface area contributed by atoms with E-state index in [4.69, 9.17) is 9.47 Å². The minimum absolute atomic E-state index is 0.139. The Labute approximate surface area is 122 Å². The second-order valence-electron chi connectivity index (χ2n) is 3.76. The van der Waals surface area contributed by atoms with Crippen LogP contribution in [0.15, 0.2) is 23.9 Å². The van der Waals surface area contributed by atoms with E-state index < -0.39 is 11.9 Å². The van der Waals surface area contributed by atoms with Gasteiger partial charge in [0, 0.05) is 11.1 Å². The zero-order chi connectivity index (χ0) is 15.0. The van der Waals surface area contributed by atoms with Crippen LogP contribution in [0.1, 0.15) is 25.6 Å². The van der Waals surface area contributed by atoms with Crippen LogP contribution in [0.4, 0.5) is 5.00 Å². The summed E-state index contributed by atoms with van der Waals surface area (Å²) < 4.78 is 9.68. The van der Waals surface area contributed by atoms with Crippen LogP contribution in [0, 0.1) is 0 Å². The lowest BCUT2D eigenvalue weighted by Gasteiger charge is -2.06. The van der Waals surface area contributed by atoms with Crippen molar-refractivity contribution in [3.8, 4) is 0 Å². The van der Waals surface area contributed by atoms with Crippen LogP contribution in [-0.4, -0.2) is 25.2 Å². The van der Waals surface area contributed by atoms with Crippen molar-refractivity contribution in [1.29, 1.82) is 0 Å². The fraction of sp³-hybridized carbons (Fsp3) is 0.429. The molecule has 0 atom stereocenters. The number of aryl methyl sites for hydroxylation is 1. The van der Waals surface area contributed by atoms with E-state index >= 15 is 0 Å². The van der Waals surface area contributed by atoms with E-state index in [0.29, 0.717) is 0 Å². The number of hydrogen-bond donors (Lipinski definition) is 1. The Morgan fingerprint density at radius 3 is 2.20 bits per heavy atom. The fourth-order valence-electron chi connectivity index (χ4n) is 1.41. The first-order chi connectivity index (χ1) is 9.62. The van der Waals surface area contributed by atoms with Crippen LogP contribution < -0.4 is 5.32 Å². The number of esters is 2. The molecule has 1 aromatic heterocycles. The van der Waals surface area contributed by atoms with Crippen LogP contribution in [0.2, 0.25) is 0 Å². The molecule has 1 aromatic rings. The van der Waals surface area contributed by atoms with E-state index in [-0.39, 0.29) is 18.8 Å². The number of carbonyl (C=O) groups excluding carboxylic acids is 2. The van der Waals surface area contributed by atoms with E-state index in [1.165, 1.54) is 11.1 Å². The third-order valence-corrected chi connectivity index (χ3v) is 3.52. The highest BCUT2D eigenvalue weighted by atomic mass is 32.1. The smallest absolute Gasteiger partial charge is 0.347 e. The number of carbonyl (C=O) groups is 2. The molecule has 0 amide bonds. The van der Waals surface area contributed by atoms with Gasteiger partial charge in [-0.2, -0.15) is 0 Å². The van der Waals surface area contributed by atoms with Crippen molar-refractivity contribution < 1.29 is 19.1 Å². The van der Waals surface area contributed by atoms with Crippen LogP contribution in [0.5, 0.6) is 0 Å². The predicted octanol–water partition coefficient (Wildman–Crippen LogP) is 2.73. The van der Waals surface area contributed by atoms with E-state index in [2.05, 4.69) is 12.2 Å². The van der Waals surface area contributed by atoms with Gasteiger partial charge in [0.15, 0.2) is 5.57 Å². The lowest BCUT2D eigenvalue weighted by Crippen LogP contribution is -2.19. The molecule has 5 nitrogen and oxygen atoms in total. The van der Waals surface area contributed by atoms with E-state index in [9.17, 15) is 9.59 Å². The maximum atomic E-state index is 11.7. The summed E-state index contributed by atoms with van der Waals surface area (Å²) >= 11 is 1.57. The van der Waals surface area contributed by atoms with Gasteiger partial charge in [-0.05, 0) is 32.4 Å². The van der Waals surface area contributed by atoms with Crippen LogP contribution >= 0.6 is 11.3 Å². The van der Waals surface area contributed by atoms with Crippen molar-refractivity contribution in [2.45, 2.75) is 27.2 Å². The summed E-state index contributed by atoms with van der Waals surface area (Å²) in [5.41, 5.74) is -0.139. The van der Waals surface area contributed by atoms with Gasteiger partial charge in [0.05, 0.1) is 18.2 Å². The van der Waals surface area contributed by atoms with Gasteiger partial charge in [-0.3, -0.25) is 0 Å². The Balaban J connectivity index is 2.83. The maximum absolute atomic E-state index is 11.7. The molecule has 0 aliphatic carbocycles. The molecule has 110 valence electrons. The molecule has 0 spiro atoms. The van der Waals surface area contributed by atoms with Gasteiger partial charge < -0.3 is 14.8 Å². The van der Waals surface area contributed by atoms with Crippen LogP contribution in [0.25, 0.3) is 0 Å². The standard InChI is InChI=1S/C14H19NO4S/c1-4-10-7-8-12(20-10)15-9-11(13(16)18-5-2)14(17)19-6-3/h7-9,15H,4-6H2,1-3H3. The van der Waals surface area contributed by atoms with Crippen molar-refractivity contribution in [3.05, 3.63) is 28.8 Å². The number of hydrogen-bond acceptors (Lipinski definition) is 6. The number of ether oxygens (including phenoxy) is 2. The molecular formula is C14H19NO4S. The highest BCUT2D eigenvalue weighted by Crippen LogP contribution is 2.22. The molecule has 0 unspecified atom stereocenters. The second kappa shape index (κ2) is 8.37. The Hall–Kier alpha value is -1.82. The summed E-state index contributed by atoms with van der Waals surface area (Å²) in [6.45, 7) is 5.83. The predicted molar refractivity (Wildman–Crippen MR) is 78.7 cm³/mol. The summed E-state index contributed by atoms with van der Waals surface area (Å²) in [4.78, 5) is 24.6. The molecular weight excluding hydrogens is 278 g/mol. The molecule has 0 fully saturated rings. The van der Waals surface area contributed by atoms with Gasteiger partial charge in [-0.25, -0.2) is 9.59 Å². The average Bonchev–Trinajstić information content (AvgIpc) is 2.87. The second-order valence-corrected chi connectivity index (χ2v) is 4.93. The minimum atomic E-state index is -0.689. The largest absolute Gasteiger partial charge is 0.462 e. The first-order valence-electron chi connectivity index (χ1n) is 6.52. The van der Waals surface area contributed by atoms with Gasteiger partial charge in [-0.15, -0.1) is 11.3 Å². The fourth-order valence-corrected chi connectivity index (χ4v) is 2.22. The van der Waals surface area contributed by atoms with E-state index in [0.717, 1.165) is 11.4 Å². The molecule has 0 aliphatic rings. The summed E-state index contributed by atoms with van der Waals surface area (Å²) in [6.07, 6.45) is 2.28. The molecule has 1 rings (SSSR count). The zero-order valence-electron chi connectivity index (χ0n) is 11.9. The number of nitrogens with one attached hydrogen (secondary N) is 1. The number of rotatable bonds is 7. The minimum Gasteiger partial charge on any atom is -0.462 e. The topological polar surface area (TPSA) is 64.6 Å².